The fraction of sp³-hybridized carbons (Fsp3) is 0.278. The summed E-state index contributed by atoms with van der Waals surface area (Å²) in [6, 6.07) is 10.2. The summed E-state index contributed by atoms with van der Waals surface area (Å²) in [6.07, 6.45) is 0.647. The predicted octanol–water partition coefficient (Wildman–Crippen LogP) is 2.39. The van der Waals surface area contributed by atoms with Crippen LogP contribution in [0.3, 0.4) is 0 Å². The van der Waals surface area contributed by atoms with Crippen LogP contribution in [0.5, 0.6) is 23.0 Å². The van der Waals surface area contributed by atoms with Crippen molar-refractivity contribution in [3.8, 4) is 23.0 Å². The summed E-state index contributed by atoms with van der Waals surface area (Å²) >= 11 is 0. The van der Waals surface area contributed by atoms with Crippen LogP contribution in [0.25, 0.3) is 0 Å². The molecule has 128 valence electrons. The Kier molecular flexibility index (Phi) is 5.89. The number of phenolic OH excluding ortho intramolecular Hbond substituents is 1. The van der Waals surface area contributed by atoms with E-state index in [4.69, 9.17) is 14.2 Å². The van der Waals surface area contributed by atoms with E-state index in [1.807, 2.05) is 18.2 Å². The second-order valence-corrected chi connectivity index (χ2v) is 5.08. The van der Waals surface area contributed by atoms with E-state index in [0.717, 1.165) is 5.56 Å². The van der Waals surface area contributed by atoms with E-state index < -0.39 is 0 Å². The van der Waals surface area contributed by atoms with Crippen LogP contribution in [0.15, 0.2) is 36.4 Å². The van der Waals surface area contributed by atoms with Gasteiger partial charge in [-0.25, -0.2) is 0 Å². The number of phenols is 1. The van der Waals surface area contributed by atoms with Gasteiger partial charge in [0, 0.05) is 12.1 Å². The molecule has 0 saturated heterocycles. The number of methoxy groups -OCH3 is 3. The minimum Gasteiger partial charge on any atom is -0.504 e. The Morgan fingerprint density at radius 1 is 0.958 bits per heavy atom. The normalized spacial score (nSPS) is 10.1. The van der Waals surface area contributed by atoms with Crippen molar-refractivity contribution < 1.29 is 24.1 Å². The molecule has 6 heteroatoms. The number of hydrogen-bond acceptors (Lipinski definition) is 5. The smallest absolute Gasteiger partial charge is 0.251 e. The van der Waals surface area contributed by atoms with Gasteiger partial charge in [0.1, 0.15) is 0 Å². The number of carbonyl (C=O) groups excluding carboxylic acids is 1. The quantitative estimate of drug-likeness (QED) is 0.815. The molecule has 0 heterocycles. The summed E-state index contributed by atoms with van der Waals surface area (Å²) in [5.74, 6) is 1.33. The Hall–Kier alpha value is -2.89. The van der Waals surface area contributed by atoms with Crippen LogP contribution in [0.4, 0.5) is 0 Å². The molecular formula is C18H21NO5. The van der Waals surface area contributed by atoms with E-state index in [1.165, 1.54) is 13.2 Å². The van der Waals surface area contributed by atoms with Gasteiger partial charge in [-0.15, -0.1) is 0 Å². The molecular weight excluding hydrogens is 310 g/mol. The minimum absolute atomic E-state index is 0.0648. The van der Waals surface area contributed by atoms with Crippen molar-refractivity contribution in [1.82, 2.24) is 5.32 Å². The van der Waals surface area contributed by atoms with Gasteiger partial charge in [0.2, 0.25) is 0 Å². The molecule has 6 nitrogen and oxygen atoms in total. The number of aromatic hydroxyl groups is 1. The van der Waals surface area contributed by atoms with Gasteiger partial charge < -0.3 is 24.6 Å². The zero-order valence-corrected chi connectivity index (χ0v) is 14.0. The van der Waals surface area contributed by atoms with Crippen LogP contribution in [0, 0.1) is 0 Å². The lowest BCUT2D eigenvalue weighted by atomic mass is 10.1. The van der Waals surface area contributed by atoms with Crippen molar-refractivity contribution in [2.45, 2.75) is 6.42 Å². The van der Waals surface area contributed by atoms with Crippen LogP contribution < -0.4 is 19.5 Å². The second-order valence-electron chi connectivity index (χ2n) is 5.08. The first-order valence-corrected chi connectivity index (χ1v) is 7.45. The Bertz CT molecular complexity index is 715. The van der Waals surface area contributed by atoms with Crippen molar-refractivity contribution in [2.75, 3.05) is 27.9 Å². The molecule has 0 spiro atoms. The summed E-state index contributed by atoms with van der Waals surface area (Å²) in [5.41, 5.74) is 1.39. The zero-order valence-electron chi connectivity index (χ0n) is 14.0. The monoisotopic (exact) mass is 331 g/mol. The van der Waals surface area contributed by atoms with Gasteiger partial charge in [-0.2, -0.15) is 0 Å². The highest BCUT2D eigenvalue weighted by molar-refractivity contribution is 5.94. The minimum atomic E-state index is -0.256. The molecule has 2 aromatic rings. The first kappa shape index (κ1) is 17.5. The fourth-order valence-electron chi connectivity index (χ4n) is 2.29. The van der Waals surface area contributed by atoms with Crippen molar-refractivity contribution in [1.29, 1.82) is 0 Å². The van der Waals surface area contributed by atoms with Gasteiger partial charge >= 0.3 is 0 Å². The van der Waals surface area contributed by atoms with Crippen molar-refractivity contribution in [3.63, 3.8) is 0 Å². The van der Waals surface area contributed by atoms with E-state index >= 15 is 0 Å². The molecule has 0 unspecified atom stereocenters. The number of amides is 1. The highest BCUT2D eigenvalue weighted by atomic mass is 16.5. The van der Waals surface area contributed by atoms with Crippen molar-refractivity contribution >= 4 is 5.91 Å². The number of rotatable bonds is 7. The molecule has 2 aromatic carbocycles. The van der Waals surface area contributed by atoms with Crippen LogP contribution in [-0.4, -0.2) is 38.9 Å². The molecule has 1 amide bonds. The van der Waals surface area contributed by atoms with Gasteiger partial charge in [-0.1, -0.05) is 6.07 Å². The topological polar surface area (TPSA) is 77.0 Å². The van der Waals surface area contributed by atoms with Crippen molar-refractivity contribution in [3.05, 3.63) is 47.5 Å². The Labute approximate surface area is 141 Å². The maximum atomic E-state index is 12.1. The molecule has 2 N–H and O–H groups in total. The molecule has 0 atom stereocenters. The second kappa shape index (κ2) is 8.10. The number of ether oxygens (including phenoxy) is 3. The third-order valence-electron chi connectivity index (χ3n) is 3.59. The average Bonchev–Trinajstić information content (AvgIpc) is 2.61. The Morgan fingerprint density at radius 2 is 1.62 bits per heavy atom. The van der Waals surface area contributed by atoms with Crippen LogP contribution in [0.1, 0.15) is 15.9 Å². The van der Waals surface area contributed by atoms with Crippen LogP contribution >= 0.6 is 0 Å². The van der Waals surface area contributed by atoms with E-state index in [9.17, 15) is 9.90 Å². The number of carbonyl (C=O) groups is 1. The number of benzene rings is 2. The third-order valence-corrected chi connectivity index (χ3v) is 3.59. The Balaban J connectivity index is 1.94. The maximum Gasteiger partial charge on any atom is 0.251 e. The first-order chi connectivity index (χ1) is 11.6. The first-order valence-electron chi connectivity index (χ1n) is 7.45. The molecule has 0 aliphatic carbocycles. The lowest BCUT2D eigenvalue weighted by Crippen LogP contribution is -2.25. The molecule has 2 rings (SSSR count). The zero-order chi connectivity index (χ0) is 17.5. The highest BCUT2D eigenvalue weighted by Crippen LogP contribution is 2.28. The SMILES string of the molecule is COc1ccc(C(=O)NCCc2ccc(OC)c(OC)c2)cc1O. The Morgan fingerprint density at radius 3 is 2.25 bits per heavy atom. The van der Waals surface area contributed by atoms with E-state index in [1.54, 1.807) is 26.4 Å². The summed E-state index contributed by atoms with van der Waals surface area (Å²) in [4.78, 5) is 12.1. The van der Waals surface area contributed by atoms with Crippen molar-refractivity contribution in [2.24, 2.45) is 0 Å². The van der Waals surface area contributed by atoms with E-state index in [-0.39, 0.29) is 11.7 Å². The van der Waals surface area contributed by atoms with Gasteiger partial charge in [0.05, 0.1) is 21.3 Å². The molecule has 0 fully saturated rings. The van der Waals surface area contributed by atoms with Gasteiger partial charge in [0.15, 0.2) is 23.0 Å². The molecule has 24 heavy (non-hydrogen) atoms. The fourth-order valence-corrected chi connectivity index (χ4v) is 2.29. The highest BCUT2D eigenvalue weighted by Gasteiger charge is 2.10. The van der Waals surface area contributed by atoms with E-state index in [2.05, 4.69) is 5.32 Å². The summed E-state index contributed by atoms with van der Waals surface area (Å²) in [6.45, 7) is 0.459. The van der Waals surface area contributed by atoms with E-state index in [0.29, 0.717) is 35.8 Å². The lowest BCUT2D eigenvalue weighted by Gasteiger charge is -2.10. The largest absolute Gasteiger partial charge is 0.504 e. The predicted molar refractivity (Wildman–Crippen MR) is 90.2 cm³/mol. The summed E-state index contributed by atoms with van der Waals surface area (Å²) in [7, 11) is 4.62. The van der Waals surface area contributed by atoms with Gasteiger partial charge in [-0.3, -0.25) is 4.79 Å². The van der Waals surface area contributed by atoms with Crippen LogP contribution in [-0.2, 0) is 6.42 Å². The van der Waals surface area contributed by atoms with Gasteiger partial charge in [0.25, 0.3) is 5.91 Å². The maximum absolute atomic E-state index is 12.1. The molecule has 0 aliphatic heterocycles. The lowest BCUT2D eigenvalue weighted by molar-refractivity contribution is 0.0953. The molecule has 0 saturated carbocycles. The standard InChI is InChI=1S/C18H21NO5/c1-22-15-7-5-13(11-14(15)20)18(21)19-9-8-12-4-6-16(23-2)17(10-12)24-3/h4-7,10-11,20H,8-9H2,1-3H3,(H,19,21). The summed E-state index contributed by atoms with van der Waals surface area (Å²) in [5, 5.41) is 12.5. The summed E-state index contributed by atoms with van der Waals surface area (Å²) < 4.78 is 15.4. The molecule has 0 bridgehead atoms. The van der Waals surface area contributed by atoms with Crippen LogP contribution in [0.2, 0.25) is 0 Å². The van der Waals surface area contributed by atoms with Gasteiger partial charge in [-0.05, 0) is 42.3 Å². The third kappa shape index (κ3) is 4.10. The number of hydrogen-bond donors (Lipinski definition) is 2. The molecule has 0 aliphatic rings. The average molecular weight is 331 g/mol. The molecule has 0 aromatic heterocycles. The number of nitrogens with one attached hydrogen (secondary N) is 1. The molecule has 0 radical (unpaired) electrons.